The Morgan fingerprint density at radius 3 is 2.57 bits per heavy atom. The van der Waals surface area contributed by atoms with Crippen LogP contribution < -0.4 is 0 Å². The van der Waals surface area contributed by atoms with E-state index in [4.69, 9.17) is 19.4 Å². The highest BCUT2D eigenvalue weighted by atomic mass is 31.2. The lowest BCUT2D eigenvalue weighted by molar-refractivity contribution is -0.197. The van der Waals surface area contributed by atoms with Crippen molar-refractivity contribution in [3.05, 3.63) is 41.6 Å². The van der Waals surface area contributed by atoms with Gasteiger partial charge in [0.15, 0.2) is 0 Å². The highest BCUT2D eigenvalue weighted by molar-refractivity contribution is 7.51. The average Bonchev–Trinajstić information content (AvgIpc) is 2.99. The minimum atomic E-state index is -4.00. The molecule has 2 aromatic rings. The van der Waals surface area contributed by atoms with Crippen LogP contribution in [0.25, 0.3) is 10.9 Å². The van der Waals surface area contributed by atoms with E-state index in [9.17, 15) is 18.9 Å². The minimum Gasteiger partial charge on any atom is -0.377 e. The summed E-state index contributed by atoms with van der Waals surface area (Å²) in [6.07, 6.45) is 1.64. The Morgan fingerprint density at radius 1 is 1.13 bits per heavy atom. The van der Waals surface area contributed by atoms with Crippen LogP contribution in [0.2, 0.25) is 0 Å². The molecule has 30 heavy (non-hydrogen) atoms. The number of nitrogens with zero attached hydrogens (tertiary/aromatic N) is 2. The van der Waals surface area contributed by atoms with Crippen LogP contribution in [0, 0.1) is 0 Å². The van der Waals surface area contributed by atoms with Crippen molar-refractivity contribution in [2.24, 2.45) is 0 Å². The van der Waals surface area contributed by atoms with E-state index in [2.05, 4.69) is 4.98 Å². The molecule has 1 aromatic carbocycles. The van der Waals surface area contributed by atoms with Crippen molar-refractivity contribution < 1.29 is 38.3 Å². The third-order valence-electron chi connectivity index (χ3n) is 4.36. The van der Waals surface area contributed by atoms with Crippen LogP contribution in [0.3, 0.4) is 0 Å². The Bertz CT molecular complexity index is 1000. The first-order chi connectivity index (χ1) is 14.2. The first kappa shape index (κ1) is 22.0. The fourth-order valence-electron chi connectivity index (χ4n) is 2.92. The zero-order valence-corrected chi connectivity index (χ0v) is 16.9. The molecule has 0 aliphatic carbocycles. The van der Waals surface area contributed by atoms with Crippen molar-refractivity contribution in [2.45, 2.75) is 32.3 Å². The maximum Gasteiger partial charge on any atom is 0.337 e. The molecule has 2 N–H and O–H groups in total. The van der Waals surface area contributed by atoms with Gasteiger partial charge in [-0.25, -0.2) is 4.79 Å². The Labute approximate surface area is 171 Å². The number of pyridine rings is 1. The normalized spacial score (nSPS) is 14.5. The number of hydrogen-bond donors (Lipinski definition) is 2. The molecule has 2 amide bonds. The van der Waals surface area contributed by atoms with E-state index in [0.29, 0.717) is 16.1 Å². The van der Waals surface area contributed by atoms with Crippen molar-refractivity contribution in [3.8, 4) is 0 Å². The number of ether oxygens (including phenoxy) is 1. The van der Waals surface area contributed by atoms with E-state index >= 15 is 0 Å². The number of fused-ring (bicyclic) bond motifs is 1. The molecular formula is C19H21N2O8P. The van der Waals surface area contributed by atoms with Crippen molar-refractivity contribution in [1.29, 1.82) is 0 Å². The molecule has 3 rings (SSSR count). The molecule has 10 nitrogen and oxygen atoms in total. The fourth-order valence-corrected chi connectivity index (χ4v) is 3.46. The number of hydrogen-bond acceptors (Lipinski definition) is 7. The molecule has 0 unspecified atom stereocenters. The Morgan fingerprint density at radius 2 is 1.87 bits per heavy atom. The summed E-state index contributed by atoms with van der Waals surface area (Å²) in [5.41, 5.74) is 2.08. The predicted molar refractivity (Wildman–Crippen MR) is 104 cm³/mol. The number of carbonyl (C=O) groups is 3. The van der Waals surface area contributed by atoms with Crippen LogP contribution in [-0.4, -0.2) is 50.4 Å². The molecular weight excluding hydrogens is 415 g/mol. The lowest BCUT2D eigenvalue weighted by Crippen LogP contribution is -2.32. The number of benzene rings is 1. The second-order valence-corrected chi connectivity index (χ2v) is 8.66. The first-order valence-corrected chi connectivity index (χ1v) is 11.1. The molecule has 0 saturated carbocycles. The standard InChI is InChI=1S/C19H21N2O8P/c22-17-4-5-18(23)21(17)29-19(24)10-13-2-3-15-8-14(11-20-16(15)9-13)12-28-6-1-7-30(25,26)27/h2-3,8-9,11H,1,4-7,10,12H2,(H2,25,26,27). The lowest BCUT2D eigenvalue weighted by Gasteiger charge is -2.12. The average molecular weight is 436 g/mol. The van der Waals surface area contributed by atoms with Gasteiger partial charge in [0.1, 0.15) is 0 Å². The van der Waals surface area contributed by atoms with Gasteiger partial charge in [0.25, 0.3) is 11.8 Å². The van der Waals surface area contributed by atoms with Crippen molar-refractivity contribution in [2.75, 3.05) is 12.8 Å². The van der Waals surface area contributed by atoms with Gasteiger partial charge in [0.2, 0.25) is 0 Å². The van der Waals surface area contributed by atoms with E-state index in [-0.39, 0.29) is 45.1 Å². The molecule has 1 aliphatic rings. The van der Waals surface area contributed by atoms with Crippen LogP contribution in [0.4, 0.5) is 0 Å². The predicted octanol–water partition coefficient (Wildman–Crippen LogP) is 1.47. The van der Waals surface area contributed by atoms with E-state index in [0.717, 1.165) is 10.9 Å². The van der Waals surface area contributed by atoms with Crippen LogP contribution in [0.15, 0.2) is 30.5 Å². The number of aromatic nitrogens is 1. The van der Waals surface area contributed by atoms with Gasteiger partial charge in [-0.15, -0.1) is 5.06 Å². The third-order valence-corrected chi connectivity index (χ3v) is 5.26. The van der Waals surface area contributed by atoms with Crippen molar-refractivity contribution in [1.82, 2.24) is 10.0 Å². The SMILES string of the molecule is O=C(Cc1ccc2cc(COCCCP(=O)(O)O)cnc2c1)ON1C(=O)CCC1=O. The smallest absolute Gasteiger partial charge is 0.337 e. The van der Waals surface area contributed by atoms with Gasteiger partial charge in [-0.3, -0.25) is 19.1 Å². The van der Waals surface area contributed by atoms with E-state index < -0.39 is 25.4 Å². The number of carbonyl (C=O) groups excluding carboxylic acids is 3. The summed E-state index contributed by atoms with van der Waals surface area (Å²) < 4.78 is 16.2. The third kappa shape index (κ3) is 6.17. The molecule has 1 saturated heterocycles. The number of hydroxylamine groups is 2. The fraction of sp³-hybridized carbons (Fsp3) is 0.368. The maximum atomic E-state index is 12.0. The minimum absolute atomic E-state index is 0.0434. The zero-order chi connectivity index (χ0) is 21.7. The monoisotopic (exact) mass is 436 g/mol. The summed E-state index contributed by atoms with van der Waals surface area (Å²) in [5, 5.41) is 1.35. The highest BCUT2D eigenvalue weighted by Crippen LogP contribution is 2.34. The topological polar surface area (TPSA) is 143 Å². The van der Waals surface area contributed by atoms with Gasteiger partial charge in [-0.2, -0.15) is 0 Å². The summed E-state index contributed by atoms with van der Waals surface area (Å²) in [4.78, 5) is 61.9. The van der Waals surface area contributed by atoms with Gasteiger partial charge in [-0.05, 0) is 29.7 Å². The molecule has 0 atom stereocenters. The van der Waals surface area contributed by atoms with E-state index in [1.54, 1.807) is 24.4 Å². The first-order valence-electron chi connectivity index (χ1n) is 9.28. The van der Waals surface area contributed by atoms with Crippen LogP contribution in [-0.2, 0) is 41.6 Å². The van der Waals surface area contributed by atoms with Crippen LogP contribution >= 0.6 is 7.60 Å². The van der Waals surface area contributed by atoms with E-state index in [1.807, 2.05) is 6.07 Å². The molecule has 1 aromatic heterocycles. The van der Waals surface area contributed by atoms with Gasteiger partial charge in [0, 0.05) is 31.0 Å². The second-order valence-electron chi connectivity index (χ2n) is 6.89. The highest BCUT2D eigenvalue weighted by Gasteiger charge is 2.32. The van der Waals surface area contributed by atoms with Gasteiger partial charge in [-0.1, -0.05) is 12.1 Å². The lowest BCUT2D eigenvalue weighted by atomic mass is 10.1. The second kappa shape index (κ2) is 9.44. The largest absolute Gasteiger partial charge is 0.377 e. The van der Waals surface area contributed by atoms with Gasteiger partial charge < -0.3 is 19.4 Å². The summed E-state index contributed by atoms with van der Waals surface area (Å²) in [6.45, 7) is 0.488. The Hall–Kier alpha value is -2.65. The van der Waals surface area contributed by atoms with E-state index in [1.165, 1.54) is 0 Å². The molecule has 0 spiro atoms. The Balaban J connectivity index is 1.54. The van der Waals surface area contributed by atoms with Crippen LogP contribution in [0.1, 0.15) is 30.4 Å². The summed E-state index contributed by atoms with van der Waals surface area (Å²) in [5.74, 6) is -1.76. The Kier molecular flexibility index (Phi) is 6.94. The molecule has 160 valence electrons. The molecule has 2 heterocycles. The molecule has 0 bridgehead atoms. The summed E-state index contributed by atoms with van der Waals surface area (Å²) >= 11 is 0. The summed E-state index contributed by atoms with van der Waals surface area (Å²) in [6, 6.07) is 7.10. The number of rotatable bonds is 9. The molecule has 1 fully saturated rings. The molecule has 1 aliphatic heterocycles. The zero-order valence-electron chi connectivity index (χ0n) is 16.0. The van der Waals surface area contributed by atoms with Gasteiger partial charge in [0.05, 0.1) is 24.7 Å². The quantitative estimate of drug-likeness (QED) is 0.339. The summed E-state index contributed by atoms with van der Waals surface area (Å²) in [7, 11) is -4.00. The van der Waals surface area contributed by atoms with Gasteiger partial charge >= 0.3 is 13.6 Å². The number of amides is 2. The van der Waals surface area contributed by atoms with Crippen molar-refractivity contribution in [3.63, 3.8) is 0 Å². The van der Waals surface area contributed by atoms with Crippen LogP contribution in [0.5, 0.6) is 0 Å². The molecule has 0 radical (unpaired) electrons. The van der Waals surface area contributed by atoms with Crippen molar-refractivity contribution >= 4 is 36.3 Å². The number of imide groups is 1. The molecule has 11 heteroatoms. The maximum absolute atomic E-state index is 12.0.